The molecule has 0 saturated heterocycles. The highest BCUT2D eigenvalue weighted by molar-refractivity contribution is 7.17. The van der Waals surface area contributed by atoms with E-state index in [1.165, 1.54) is 22.4 Å². The van der Waals surface area contributed by atoms with Crippen LogP contribution in [0.2, 0.25) is 5.02 Å². The monoisotopic (exact) mass is 395 g/mol. The summed E-state index contributed by atoms with van der Waals surface area (Å²) in [6, 6.07) is -0.489. The van der Waals surface area contributed by atoms with Crippen molar-refractivity contribution in [1.82, 2.24) is 9.78 Å². The zero-order chi connectivity index (χ0) is 18.7. The van der Waals surface area contributed by atoms with E-state index in [0.29, 0.717) is 28.6 Å². The van der Waals surface area contributed by atoms with Gasteiger partial charge < -0.3 is 10.1 Å². The molecule has 3 rings (SSSR count). The molecule has 2 aromatic rings. The number of halogens is 1. The number of aromatic nitrogens is 2. The van der Waals surface area contributed by atoms with Crippen molar-refractivity contribution in [3.8, 4) is 0 Å². The van der Waals surface area contributed by atoms with Gasteiger partial charge in [-0.05, 0) is 44.6 Å². The third kappa shape index (κ3) is 3.78. The second-order valence-electron chi connectivity index (χ2n) is 6.19. The number of nitrogens with one attached hydrogen (secondary N) is 1. The van der Waals surface area contributed by atoms with E-state index in [-0.39, 0.29) is 11.9 Å². The molecule has 0 radical (unpaired) electrons. The fourth-order valence-electron chi connectivity index (χ4n) is 3.25. The summed E-state index contributed by atoms with van der Waals surface area (Å²) in [6.07, 6.45) is 7.63. The molecular formula is C18H22ClN3O3S. The third-order valence-corrected chi connectivity index (χ3v) is 5.87. The van der Waals surface area contributed by atoms with Crippen LogP contribution < -0.4 is 5.32 Å². The molecule has 2 aromatic heterocycles. The number of carbonyl (C=O) groups excluding carboxylic acids is 2. The highest BCUT2D eigenvalue weighted by atomic mass is 35.5. The Morgan fingerprint density at radius 3 is 2.81 bits per heavy atom. The molecule has 6 nitrogen and oxygen atoms in total. The number of aryl methyl sites for hydroxylation is 1. The fraction of sp³-hybridized carbons (Fsp3) is 0.500. The Bertz CT molecular complexity index is 815. The molecule has 1 N–H and O–H groups in total. The number of nitrogens with zero attached hydrogens (tertiary/aromatic N) is 2. The lowest BCUT2D eigenvalue weighted by Crippen LogP contribution is -2.26. The van der Waals surface area contributed by atoms with Gasteiger partial charge in [-0.3, -0.25) is 9.48 Å². The molecule has 1 aliphatic rings. The van der Waals surface area contributed by atoms with Crippen LogP contribution in [0.25, 0.3) is 0 Å². The average Bonchev–Trinajstić information content (AvgIpc) is 3.19. The third-order valence-electron chi connectivity index (χ3n) is 4.47. The Hall–Kier alpha value is -1.86. The Morgan fingerprint density at radius 1 is 1.38 bits per heavy atom. The molecule has 0 spiro atoms. The van der Waals surface area contributed by atoms with Crippen LogP contribution in [0.1, 0.15) is 60.0 Å². The lowest BCUT2D eigenvalue weighted by molar-refractivity contribution is -0.119. The number of rotatable bonds is 6. The molecule has 1 amide bonds. The number of fused-ring (bicyclic) bond motifs is 1. The molecule has 1 aliphatic carbocycles. The van der Waals surface area contributed by atoms with Crippen molar-refractivity contribution in [3.63, 3.8) is 0 Å². The number of amides is 1. The zero-order valence-electron chi connectivity index (χ0n) is 14.9. The highest BCUT2D eigenvalue weighted by Gasteiger charge is 2.29. The molecule has 0 aromatic carbocycles. The molecule has 1 unspecified atom stereocenters. The van der Waals surface area contributed by atoms with Gasteiger partial charge in [0.1, 0.15) is 11.0 Å². The predicted molar refractivity (Wildman–Crippen MR) is 102 cm³/mol. The summed E-state index contributed by atoms with van der Waals surface area (Å²) >= 11 is 7.41. The van der Waals surface area contributed by atoms with Gasteiger partial charge in [0.25, 0.3) is 0 Å². The maximum atomic E-state index is 12.8. The first-order valence-electron chi connectivity index (χ1n) is 8.87. The first-order chi connectivity index (χ1) is 12.5. The Morgan fingerprint density at radius 2 is 2.15 bits per heavy atom. The van der Waals surface area contributed by atoms with Gasteiger partial charge in [0, 0.05) is 11.1 Å². The number of carbonyl (C=O) groups is 2. The second-order valence-corrected chi connectivity index (χ2v) is 7.73. The molecule has 1 atom stereocenters. The molecule has 2 heterocycles. The normalized spacial score (nSPS) is 14.6. The molecule has 0 aliphatic heterocycles. The van der Waals surface area contributed by atoms with Gasteiger partial charge in [-0.2, -0.15) is 5.10 Å². The Kier molecular flexibility index (Phi) is 5.98. The van der Waals surface area contributed by atoms with E-state index < -0.39 is 6.04 Å². The topological polar surface area (TPSA) is 73.2 Å². The van der Waals surface area contributed by atoms with Crippen LogP contribution >= 0.6 is 22.9 Å². The molecule has 0 saturated carbocycles. The number of ether oxygens (including phenoxy) is 1. The van der Waals surface area contributed by atoms with Crippen molar-refractivity contribution < 1.29 is 14.3 Å². The van der Waals surface area contributed by atoms with Crippen molar-refractivity contribution in [2.24, 2.45) is 0 Å². The van der Waals surface area contributed by atoms with Gasteiger partial charge in [0.2, 0.25) is 5.91 Å². The van der Waals surface area contributed by atoms with Gasteiger partial charge >= 0.3 is 5.97 Å². The summed E-state index contributed by atoms with van der Waals surface area (Å²) in [5.74, 6) is -0.575. The SMILES string of the molecule is CCOC(=O)c1c(NC(=O)C(CC)n2cc(Cl)cn2)sc2c1CCCC2. The molecule has 8 heteroatoms. The largest absolute Gasteiger partial charge is 0.462 e. The lowest BCUT2D eigenvalue weighted by atomic mass is 9.95. The zero-order valence-corrected chi connectivity index (χ0v) is 16.5. The van der Waals surface area contributed by atoms with Crippen LogP contribution in [-0.4, -0.2) is 28.3 Å². The van der Waals surface area contributed by atoms with Crippen LogP contribution in [0, 0.1) is 0 Å². The predicted octanol–water partition coefficient (Wildman–Crippen LogP) is 4.24. The van der Waals surface area contributed by atoms with Gasteiger partial charge in [-0.1, -0.05) is 18.5 Å². The minimum absolute atomic E-state index is 0.212. The van der Waals surface area contributed by atoms with E-state index in [2.05, 4.69) is 10.4 Å². The van der Waals surface area contributed by atoms with E-state index in [9.17, 15) is 9.59 Å². The van der Waals surface area contributed by atoms with Gasteiger partial charge in [-0.25, -0.2) is 4.79 Å². The van der Waals surface area contributed by atoms with E-state index in [4.69, 9.17) is 16.3 Å². The van der Waals surface area contributed by atoms with Crippen LogP contribution in [0.5, 0.6) is 0 Å². The van der Waals surface area contributed by atoms with Crippen molar-refractivity contribution in [3.05, 3.63) is 33.4 Å². The number of hydrogen-bond acceptors (Lipinski definition) is 5. The van der Waals surface area contributed by atoms with E-state index in [1.807, 2.05) is 6.92 Å². The van der Waals surface area contributed by atoms with E-state index in [1.54, 1.807) is 17.8 Å². The summed E-state index contributed by atoms with van der Waals surface area (Å²) in [4.78, 5) is 26.5. The lowest BCUT2D eigenvalue weighted by Gasteiger charge is -2.16. The number of hydrogen-bond donors (Lipinski definition) is 1. The summed E-state index contributed by atoms with van der Waals surface area (Å²) in [5, 5.41) is 8.14. The van der Waals surface area contributed by atoms with Crippen LogP contribution in [-0.2, 0) is 22.4 Å². The minimum atomic E-state index is -0.489. The van der Waals surface area contributed by atoms with Crippen molar-refractivity contribution >= 4 is 39.8 Å². The average molecular weight is 396 g/mol. The quantitative estimate of drug-likeness (QED) is 0.742. The number of anilines is 1. The van der Waals surface area contributed by atoms with Gasteiger partial charge in [0.05, 0.1) is 23.4 Å². The molecule has 0 bridgehead atoms. The summed E-state index contributed by atoms with van der Waals surface area (Å²) in [7, 11) is 0. The van der Waals surface area contributed by atoms with E-state index in [0.717, 1.165) is 31.2 Å². The minimum Gasteiger partial charge on any atom is -0.462 e. The smallest absolute Gasteiger partial charge is 0.341 e. The van der Waals surface area contributed by atoms with Gasteiger partial charge in [-0.15, -0.1) is 11.3 Å². The van der Waals surface area contributed by atoms with Gasteiger partial charge in [0.15, 0.2) is 0 Å². The maximum Gasteiger partial charge on any atom is 0.341 e. The second kappa shape index (κ2) is 8.22. The molecule has 0 fully saturated rings. The first kappa shape index (κ1) is 18.9. The van der Waals surface area contributed by atoms with Crippen LogP contribution in [0.4, 0.5) is 5.00 Å². The molecule has 140 valence electrons. The van der Waals surface area contributed by atoms with Crippen LogP contribution in [0.3, 0.4) is 0 Å². The molecular weight excluding hydrogens is 374 g/mol. The van der Waals surface area contributed by atoms with E-state index >= 15 is 0 Å². The summed E-state index contributed by atoms with van der Waals surface area (Å²) < 4.78 is 6.78. The standard InChI is InChI=1S/C18H22ClN3O3S/c1-3-13(22-10-11(19)9-20-22)16(23)21-17-15(18(24)25-4-2)12-7-5-6-8-14(12)26-17/h9-10,13H,3-8H2,1-2H3,(H,21,23). The summed E-state index contributed by atoms with van der Waals surface area (Å²) in [6.45, 7) is 4.00. The number of esters is 1. The van der Waals surface area contributed by atoms with Crippen molar-refractivity contribution in [2.75, 3.05) is 11.9 Å². The Balaban J connectivity index is 1.89. The fourth-order valence-corrected chi connectivity index (χ4v) is 4.67. The molecule has 26 heavy (non-hydrogen) atoms. The first-order valence-corrected chi connectivity index (χ1v) is 10.1. The van der Waals surface area contributed by atoms with Crippen molar-refractivity contribution in [2.45, 2.75) is 52.0 Å². The summed E-state index contributed by atoms with van der Waals surface area (Å²) in [5.41, 5.74) is 1.55. The van der Waals surface area contributed by atoms with Crippen molar-refractivity contribution in [1.29, 1.82) is 0 Å². The van der Waals surface area contributed by atoms with Crippen LogP contribution in [0.15, 0.2) is 12.4 Å². The number of thiophene rings is 1. The highest BCUT2D eigenvalue weighted by Crippen LogP contribution is 2.39. The maximum absolute atomic E-state index is 12.8. The Labute approximate surface area is 161 Å².